The molecule has 0 bridgehead atoms. The first-order chi connectivity index (χ1) is 9.47. The summed E-state index contributed by atoms with van der Waals surface area (Å²) in [6.45, 7) is 0. The monoisotopic (exact) mass is 342 g/mol. The molecule has 0 aliphatic rings. The van der Waals surface area contributed by atoms with Gasteiger partial charge in [-0.25, -0.2) is 0 Å². The zero-order valence-electron chi connectivity index (χ0n) is 10.1. The van der Waals surface area contributed by atoms with E-state index in [1.807, 2.05) is 24.3 Å². The van der Waals surface area contributed by atoms with Crippen LogP contribution in [0.5, 0.6) is 5.75 Å². The first kappa shape index (κ1) is 13.3. The summed E-state index contributed by atoms with van der Waals surface area (Å²) in [5.74, 6) is 0.181. The quantitative estimate of drug-likeness (QED) is 0.655. The van der Waals surface area contributed by atoms with E-state index in [1.54, 1.807) is 0 Å². The SMILES string of the molecule is Oc1c(-c2ccc(C(F)(F)F)cc2)[se]c2ccccc12. The zero-order valence-corrected chi connectivity index (χ0v) is 11.8. The van der Waals surface area contributed by atoms with Gasteiger partial charge in [-0.2, -0.15) is 0 Å². The Morgan fingerprint density at radius 1 is 0.900 bits per heavy atom. The maximum absolute atomic E-state index is 12.5. The van der Waals surface area contributed by atoms with Gasteiger partial charge >= 0.3 is 118 Å². The molecule has 1 heterocycles. The van der Waals surface area contributed by atoms with Crippen molar-refractivity contribution in [3.05, 3.63) is 54.1 Å². The van der Waals surface area contributed by atoms with E-state index in [-0.39, 0.29) is 20.3 Å². The second kappa shape index (κ2) is 4.69. The Labute approximate surface area is 119 Å². The predicted molar refractivity (Wildman–Crippen MR) is 73.0 cm³/mol. The molecule has 102 valence electrons. The van der Waals surface area contributed by atoms with E-state index in [4.69, 9.17) is 0 Å². The normalized spacial score (nSPS) is 11.9. The Morgan fingerprint density at radius 2 is 1.55 bits per heavy atom. The summed E-state index contributed by atoms with van der Waals surface area (Å²) >= 11 is -0.0829. The number of alkyl halides is 3. The Hall–Kier alpha value is -1.71. The molecule has 3 rings (SSSR count). The van der Waals surface area contributed by atoms with Crippen LogP contribution in [0.15, 0.2) is 48.5 Å². The van der Waals surface area contributed by atoms with E-state index in [9.17, 15) is 18.3 Å². The topological polar surface area (TPSA) is 20.2 Å². The van der Waals surface area contributed by atoms with Crippen LogP contribution < -0.4 is 0 Å². The first-order valence-electron chi connectivity index (χ1n) is 5.85. The fourth-order valence-corrected chi connectivity index (χ4v) is 4.35. The van der Waals surface area contributed by atoms with E-state index >= 15 is 0 Å². The molecule has 0 aliphatic carbocycles. The van der Waals surface area contributed by atoms with E-state index < -0.39 is 11.7 Å². The van der Waals surface area contributed by atoms with Crippen LogP contribution in [-0.2, 0) is 6.18 Å². The molecule has 0 unspecified atom stereocenters. The molecule has 5 heteroatoms. The van der Waals surface area contributed by atoms with Crippen molar-refractivity contribution in [1.82, 2.24) is 0 Å². The van der Waals surface area contributed by atoms with Gasteiger partial charge in [-0.15, -0.1) is 0 Å². The van der Waals surface area contributed by atoms with E-state index in [2.05, 4.69) is 0 Å². The molecular formula is C15H9F3OSe. The van der Waals surface area contributed by atoms with Gasteiger partial charge in [-0.1, -0.05) is 0 Å². The third-order valence-corrected chi connectivity index (χ3v) is 5.58. The van der Waals surface area contributed by atoms with Crippen LogP contribution in [0.4, 0.5) is 13.2 Å². The number of hydrogen-bond donors (Lipinski definition) is 1. The van der Waals surface area contributed by atoms with Crippen LogP contribution in [0.2, 0.25) is 0 Å². The molecule has 3 aromatic rings. The average molecular weight is 341 g/mol. The predicted octanol–water partition coefficient (Wildman–Crippen LogP) is 4.29. The van der Waals surface area contributed by atoms with Gasteiger partial charge in [0, 0.05) is 0 Å². The Balaban J connectivity index is 2.09. The molecule has 1 N–H and O–H groups in total. The number of rotatable bonds is 1. The summed E-state index contributed by atoms with van der Waals surface area (Å²) in [6.07, 6.45) is -4.33. The van der Waals surface area contributed by atoms with Crippen molar-refractivity contribution in [1.29, 1.82) is 0 Å². The molecule has 0 fully saturated rings. The van der Waals surface area contributed by atoms with Gasteiger partial charge in [0.05, 0.1) is 0 Å². The third kappa shape index (κ3) is 2.23. The van der Waals surface area contributed by atoms with Gasteiger partial charge in [0.1, 0.15) is 0 Å². The number of fused-ring (bicyclic) bond motifs is 1. The molecule has 0 aliphatic heterocycles. The number of hydrogen-bond acceptors (Lipinski definition) is 1. The Kier molecular flexibility index (Phi) is 3.11. The zero-order chi connectivity index (χ0) is 14.3. The van der Waals surface area contributed by atoms with Crippen LogP contribution >= 0.6 is 0 Å². The second-order valence-corrected chi connectivity index (χ2v) is 6.56. The molecule has 1 aromatic heterocycles. The van der Waals surface area contributed by atoms with Gasteiger partial charge < -0.3 is 0 Å². The van der Waals surface area contributed by atoms with Gasteiger partial charge in [0.2, 0.25) is 0 Å². The standard InChI is InChI=1S/C15H9F3OSe/c16-15(17,18)10-7-5-9(6-8-10)14-13(19)11-3-1-2-4-12(11)20-14/h1-8,19H. The maximum atomic E-state index is 12.5. The van der Waals surface area contributed by atoms with Crippen LogP contribution in [0.25, 0.3) is 19.6 Å². The summed E-state index contributed by atoms with van der Waals surface area (Å²) in [6, 6.07) is 12.4. The molecule has 1 nitrogen and oxygen atoms in total. The molecule has 0 atom stereocenters. The molecular weight excluding hydrogens is 332 g/mol. The minimum absolute atomic E-state index is 0.0829. The fraction of sp³-hybridized carbons (Fsp3) is 0.0667. The number of halogens is 3. The van der Waals surface area contributed by atoms with Crippen molar-refractivity contribution in [2.24, 2.45) is 0 Å². The third-order valence-electron chi connectivity index (χ3n) is 3.04. The minimum atomic E-state index is -4.33. The van der Waals surface area contributed by atoms with Crippen LogP contribution in [0, 0.1) is 0 Å². The number of aromatic hydroxyl groups is 1. The van der Waals surface area contributed by atoms with Crippen LogP contribution in [0.3, 0.4) is 0 Å². The van der Waals surface area contributed by atoms with E-state index in [0.29, 0.717) is 5.56 Å². The summed E-state index contributed by atoms with van der Waals surface area (Å²) in [7, 11) is 0. The van der Waals surface area contributed by atoms with Crippen LogP contribution in [-0.4, -0.2) is 19.6 Å². The van der Waals surface area contributed by atoms with Crippen molar-refractivity contribution in [2.75, 3.05) is 0 Å². The molecule has 0 saturated carbocycles. The molecule has 0 saturated heterocycles. The van der Waals surface area contributed by atoms with Gasteiger partial charge in [0.15, 0.2) is 0 Å². The van der Waals surface area contributed by atoms with Gasteiger partial charge in [-0.3, -0.25) is 0 Å². The van der Waals surface area contributed by atoms with Crippen LogP contribution in [0.1, 0.15) is 5.56 Å². The molecule has 0 amide bonds. The summed E-state index contributed by atoms with van der Waals surface area (Å²) in [5, 5.41) is 11.0. The van der Waals surface area contributed by atoms with Crippen molar-refractivity contribution in [3.8, 4) is 15.8 Å². The molecule has 0 spiro atoms. The Bertz CT molecular complexity index is 757. The summed E-state index contributed by atoms with van der Waals surface area (Å²) in [5.41, 5.74) is -0.0314. The van der Waals surface area contributed by atoms with Crippen molar-refractivity contribution in [2.45, 2.75) is 6.18 Å². The average Bonchev–Trinajstić information content (AvgIpc) is 2.76. The molecule has 20 heavy (non-hydrogen) atoms. The van der Waals surface area contributed by atoms with Gasteiger partial charge in [-0.05, 0) is 0 Å². The van der Waals surface area contributed by atoms with Crippen molar-refractivity contribution in [3.63, 3.8) is 0 Å². The molecule has 0 radical (unpaired) electrons. The van der Waals surface area contributed by atoms with Gasteiger partial charge in [0.25, 0.3) is 0 Å². The Morgan fingerprint density at radius 3 is 2.15 bits per heavy atom. The summed E-state index contributed by atoms with van der Waals surface area (Å²) < 4.78 is 39.4. The first-order valence-corrected chi connectivity index (χ1v) is 7.56. The fourth-order valence-electron chi connectivity index (χ4n) is 2.04. The van der Waals surface area contributed by atoms with E-state index in [1.165, 1.54) is 12.1 Å². The van der Waals surface area contributed by atoms with Crippen molar-refractivity contribution < 1.29 is 18.3 Å². The summed E-state index contributed by atoms with van der Waals surface area (Å²) in [4.78, 5) is 0. The number of benzene rings is 2. The van der Waals surface area contributed by atoms with Crippen molar-refractivity contribution >= 4 is 24.1 Å². The molecule has 2 aromatic carbocycles. The van der Waals surface area contributed by atoms with E-state index in [0.717, 1.165) is 26.2 Å². The second-order valence-electron chi connectivity index (χ2n) is 4.35.